The molecule has 1 atom stereocenters. The Labute approximate surface area is 284 Å². The van der Waals surface area contributed by atoms with E-state index in [0.717, 1.165) is 23.6 Å². The largest absolute Gasteiger partial charge is 0.493 e. The first kappa shape index (κ1) is 37.0. The van der Waals surface area contributed by atoms with Gasteiger partial charge in [0.25, 0.3) is 0 Å². The monoisotopic (exact) mass is 712 g/mol. The fourth-order valence-electron chi connectivity index (χ4n) is 4.90. The van der Waals surface area contributed by atoms with Gasteiger partial charge in [-0.05, 0) is 83.6 Å². The highest BCUT2D eigenvalue weighted by molar-refractivity contribution is 9.12. The number of hydrogen-bond acceptors (Lipinski definition) is 9. The molecule has 0 saturated carbocycles. The highest BCUT2D eigenvalue weighted by atomic mass is 79.9. The van der Waals surface area contributed by atoms with Crippen LogP contribution in [-0.4, -0.2) is 55.1 Å². The lowest BCUT2D eigenvalue weighted by atomic mass is 10.00. The molecule has 9 nitrogen and oxygen atoms in total. The number of aliphatic hydroxyl groups is 1. The lowest BCUT2D eigenvalue weighted by molar-refractivity contribution is 0.237. The van der Waals surface area contributed by atoms with E-state index in [4.69, 9.17) is 20.9 Å². The summed E-state index contributed by atoms with van der Waals surface area (Å²) < 4.78 is 42.8. The number of pyridine rings is 1. The molecule has 12 heteroatoms. The van der Waals surface area contributed by atoms with Crippen molar-refractivity contribution in [2.75, 3.05) is 44.8 Å². The number of nitrogens with zero attached hydrogens (tertiary/aromatic N) is 4. The molecule has 2 aromatic carbocycles. The number of rotatable bonds is 16. The van der Waals surface area contributed by atoms with E-state index in [9.17, 15) is 5.11 Å². The number of allylic oxidation sites excluding steroid dienone is 2. The summed E-state index contributed by atoms with van der Waals surface area (Å²) >= 11 is 3.29. The van der Waals surface area contributed by atoms with Crippen molar-refractivity contribution in [3.05, 3.63) is 88.8 Å². The maximum Gasteiger partial charge on any atom is 0.161 e. The molecule has 0 fully saturated rings. The number of aliphatic imine (C=N–C) groups is 1. The van der Waals surface area contributed by atoms with Gasteiger partial charge in [-0.2, -0.15) is 5.12 Å². The fourth-order valence-corrected chi connectivity index (χ4v) is 5.04. The molecule has 0 amide bonds. The molecule has 1 aromatic heterocycles. The van der Waals surface area contributed by atoms with E-state index in [1.54, 1.807) is 58.0 Å². The van der Waals surface area contributed by atoms with Crippen LogP contribution < -0.4 is 26.1 Å². The van der Waals surface area contributed by atoms with Crippen LogP contribution in [0.2, 0.25) is 0 Å². The summed E-state index contributed by atoms with van der Waals surface area (Å²) in [5, 5.41) is 9.95. The number of aromatic nitrogens is 1. The van der Waals surface area contributed by atoms with Crippen molar-refractivity contribution in [2.45, 2.75) is 33.6 Å². The second-order valence-corrected chi connectivity index (χ2v) is 11.8. The second-order valence-electron chi connectivity index (χ2n) is 10.9. The summed E-state index contributed by atoms with van der Waals surface area (Å²) in [6.45, 7) is 6.57. The van der Waals surface area contributed by atoms with Crippen molar-refractivity contribution in [2.24, 2.45) is 16.6 Å². The van der Waals surface area contributed by atoms with Gasteiger partial charge < -0.3 is 30.9 Å². The first-order chi connectivity index (χ1) is 22.5. The van der Waals surface area contributed by atoms with Crippen LogP contribution in [0.5, 0.6) is 11.5 Å². The average Bonchev–Trinajstić information content (AvgIpc) is 3.07. The molecular weight excluding hydrogens is 670 g/mol. The zero-order chi connectivity index (χ0) is 34.5. The lowest BCUT2D eigenvalue weighted by Gasteiger charge is -2.25. The SMILES string of the molecule is CCC(CCO)CN(/C=C(\C)CN=C/C(Br)=C\N)/C=C(\C)N(F)c1ccc(-c2cc(-c3ccc(OC)c(OC)c3)cnc2N)c(F)c1. The van der Waals surface area contributed by atoms with Crippen LogP contribution in [-0.2, 0) is 0 Å². The molecule has 0 radical (unpaired) electrons. The molecule has 0 spiro atoms. The van der Waals surface area contributed by atoms with E-state index in [1.165, 1.54) is 18.3 Å². The highest BCUT2D eigenvalue weighted by Gasteiger charge is 2.17. The molecular formula is C35H43BrF2N6O3. The maximum absolute atomic E-state index is 15.7. The molecule has 1 heterocycles. The van der Waals surface area contributed by atoms with Crippen molar-refractivity contribution >= 4 is 33.6 Å². The van der Waals surface area contributed by atoms with Crippen molar-refractivity contribution in [3.63, 3.8) is 0 Å². The molecule has 0 aliphatic carbocycles. The van der Waals surface area contributed by atoms with Crippen LogP contribution in [0.3, 0.4) is 0 Å². The quantitative estimate of drug-likeness (QED) is 0.103. The van der Waals surface area contributed by atoms with Gasteiger partial charge in [-0.25, -0.2) is 9.37 Å². The minimum atomic E-state index is -0.659. The summed E-state index contributed by atoms with van der Waals surface area (Å²) in [4.78, 5) is 10.5. The van der Waals surface area contributed by atoms with E-state index in [2.05, 4.69) is 25.9 Å². The number of benzene rings is 2. The predicted molar refractivity (Wildman–Crippen MR) is 190 cm³/mol. The van der Waals surface area contributed by atoms with E-state index in [0.29, 0.717) is 51.7 Å². The Balaban J connectivity index is 1.91. The van der Waals surface area contributed by atoms with Gasteiger partial charge >= 0.3 is 0 Å². The first-order valence-corrected chi connectivity index (χ1v) is 15.9. The highest BCUT2D eigenvalue weighted by Crippen LogP contribution is 2.36. The molecule has 3 rings (SSSR count). The predicted octanol–water partition coefficient (Wildman–Crippen LogP) is 7.59. The summed E-state index contributed by atoms with van der Waals surface area (Å²) in [6.07, 6.45) is 9.59. The minimum absolute atomic E-state index is 0.00801. The number of nitrogens with two attached hydrogens (primary N) is 2. The summed E-state index contributed by atoms with van der Waals surface area (Å²) in [5.74, 6) is 0.758. The number of halogens is 3. The average molecular weight is 714 g/mol. The maximum atomic E-state index is 15.7. The summed E-state index contributed by atoms with van der Waals surface area (Å²) in [5.41, 5.74) is 14.8. The van der Waals surface area contributed by atoms with Crippen LogP contribution in [0.4, 0.5) is 20.4 Å². The number of aliphatic hydroxyl groups excluding tert-OH is 1. The molecule has 0 saturated heterocycles. The third-order valence-corrected chi connectivity index (χ3v) is 7.92. The molecule has 5 N–H and O–H groups in total. The zero-order valence-electron chi connectivity index (χ0n) is 27.4. The molecule has 47 heavy (non-hydrogen) atoms. The van der Waals surface area contributed by atoms with Crippen LogP contribution in [0, 0.1) is 11.7 Å². The van der Waals surface area contributed by atoms with Crippen LogP contribution >= 0.6 is 15.9 Å². The minimum Gasteiger partial charge on any atom is -0.493 e. The van der Waals surface area contributed by atoms with Gasteiger partial charge in [0.2, 0.25) is 0 Å². The summed E-state index contributed by atoms with van der Waals surface area (Å²) in [7, 11) is 3.10. The molecule has 0 aliphatic heterocycles. The number of nitrogen functional groups attached to an aromatic ring is 1. The Morgan fingerprint density at radius 2 is 1.81 bits per heavy atom. The van der Waals surface area contributed by atoms with Crippen molar-refractivity contribution in [1.29, 1.82) is 0 Å². The van der Waals surface area contributed by atoms with Crippen molar-refractivity contribution in [1.82, 2.24) is 9.88 Å². The van der Waals surface area contributed by atoms with Gasteiger partial charge in [-0.15, -0.1) is 0 Å². The van der Waals surface area contributed by atoms with E-state index < -0.39 is 5.82 Å². The van der Waals surface area contributed by atoms with Crippen molar-refractivity contribution < 1.29 is 23.5 Å². The second kappa shape index (κ2) is 18.1. The van der Waals surface area contributed by atoms with Gasteiger partial charge in [-0.1, -0.05) is 23.9 Å². The van der Waals surface area contributed by atoms with Crippen LogP contribution in [0.1, 0.15) is 33.6 Å². The molecule has 0 bridgehead atoms. The smallest absolute Gasteiger partial charge is 0.161 e. The Hall–Kier alpha value is -4.42. The normalized spacial score (nSPS) is 13.2. The standard InChI is InChI=1S/C35H43BrF2N6O3/c1-6-25(11-12-45)22-43(20-23(2)17-41-19-28(36)16-39)21-24(3)44(38)29-8-9-30(32(37)15-29)31-13-27(18-42-35(31)40)26-7-10-33(46-4)34(14-26)47-5/h7-10,13-16,18-21,25,45H,6,11-12,17,22,39H2,1-5H3,(H2,40,42)/b23-20+,24-21+,28-16+,41-19?. The molecule has 3 aromatic rings. The Morgan fingerprint density at radius 3 is 2.45 bits per heavy atom. The van der Waals surface area contributed by atoms with E-state index in [1.807, 2.05) is 31.0 Å². The number of ether oxygens (including phenoxy) is 2. The molecule has 252 valence electrons. The first-order valence-electron chi connectivity index (χ1n) is 15.1. The summed E-state index contributed by atoms with van der Waals surface area (Å²) in [6, 6.07) is 11.2. The number of hydrogen-bond donors (Lipinski definition) is 3. The fraction of sp³-hybridized carbons (Fsp3) is 0.314. The zero-order valence-corrected chi connectivity index (χ0v) is 29.0. The Bertz CT molecular complexity index is 1630. The lowest BCUT2D eigenvalue weighted by Crippen LogP contribution is -2.23. The third kappa shape index (κ3) is 10.3. The Morgan fingerprint density at radius 1 is 1.06 bits per heavy atom. The van der Waals surface area contributed by atoms with E-state index >= 15 is 8.87 Å². The topological polar surface area (TPSA) is 122 Å². The van der Waals surface area contributed by atoms with Gasteiger partial charge in [-0.3, -0.25) is 4.99 Å². The van der Waals surface area contributed by atoms with Gasteiger partial charge in [0.05, 0.1) is 36.6 Å². The third-order valence-electron chi connectivity index (χ3n) is 7.45. The van der Waals surface area contributed by atoms with E-state index in [-0.39, 0.29) is 35.3 Å². The van der Waals surface area contributed by atoms with Crippen molar-refractivity contribution in [3.8, 4) is 33.8 Å². The molecule has 1 unspecified atom stereocenters. The molecule has 0 aliphatic rings. The Kier molecular flexibility index (Phi) is 14.2. The number of anilines is 2. The van der Waals surface area contributed by atoms with Gasteiger partial charge in [0, 0.05) is 66.9 Å². The van der Waals surface area contributed by atoms with Gasteiger partial charge in [0.1, 0.15) is 11.6 Å². The van der Waals surface area contributed by atoms with Gasteiger partial charge in [0.15, 0.2) is 11.5 Å². The number of methoxy groups -OCH3 is 2. The van der Waals surface area contributed by atoms with Crippen LogP contribution in [0.25, 0.3) is 22.3 Å². The van der Waals surface area contributed by atoms with Crippen LogP contribution in [0.15, 0.2) is 88.0 Å².